The minimum Gasteiger partial charge on any atom is -0.344 e. The van der Waals surface area contributed by atoms with E-state index in [9.17, 15) is 0 Å². The van der Waals surface area contributed by atoms with Gasteiger partial charge >= 0.3 is 0 Å². The maximum Gasteiger partial charge on any atom is 0.138 e. The van der Waals surface area contributed by atoms with E-state index in [1.807, 2.05) is 0 Å². The van der Waals surface area contributed by atoms with E-state index in [0.717, 1.165) is 6.42 Å². The first-order valence-corrected chi connectivity index (χ1v) is 6.26. The molecule has 1 aliphatic rings. The van der Waals surface area contributed by atoms with Crippen molar-refractivity contribution < 1.29 is 0 Å². The van der Waals surface area contributed by atoms with Crippen molar-refractivity contribution in [2.75, 3.05) is 35.2 Å². The van der Waals surface area contributed by atoms with Gasteiger partial charge in [0.1, 0.15) is 18.2 Å². The minimum atomic E-state index is 0.229. The lowest BCUT2D eigenvalue weighted by atomic mass is 9.91. The summed E-state index contributed by atoms with van der Waals surface area (Å²) >= 11 is 0. The molecule has 0 radical (unpaired) electrons. The van der Waals surface area contributed by atoms with Crippen molar-refractivity contribution in [2.24, 2.45) is 10.4 Å². The van der Waals surface area contributed by atoms with E-state index in [0.29, 0.717) is 6.17 Å². The lowest BCUT2D eigenvalue weighted by Gasteiger charge is -2.35. The van der Waals surface area contributed by atoms with E-state index in [2.05, 4.69) is 70.7 Å². The molecule has 0 saturated heterocycles. The van der Waals surface area contributed by atoms with Crippen LogP contribution in [-0.4, -0.2) is 68.1 Å². The fourth-order valence-corrected chi connectivity index (χ4v) is 2.30. The molecule has 0 aromatic carbocycles. The normalized spacial score (nSPS) is 26.0. The molecule has 0 saturated carbocycles. The number of likely N-dealkylation sites (N-methyl/N-ethyl adjacent to an activating group) is 3. The molecule has 4 nitrogen and oxygen atoms in total. The molecule has 1 heterocycles. The number of nitrogens with zero attached hydrogens (tertiary/aromatic N) is 4. The molecule has 0 N–H and O–H groups in total. The van der Waals surface area contributed by atoms with Crippen LogP contribution in [0.2, 0.25) is 0 Å². The molecule has 4 heteroatoms. The highest BCUT2D eigenvalue weighted by atomic mass is 15.5. The van der Waals surface area contributed by atoms with Gasteiger partial charge in [-0.2, -0.15) is 0 Å². The third-order valence-electron chi connectivity index (χ3n) is 3.10. The van der Waals surface area contributed by atoms with Crippen LogP contribution in [0.1, 0.15) is 27.2 Å². The molecule has 1 aliphatic heterocycles. The second kappa shape index (κ2) is 4.94. The maximum absolute atomic E-state index is 4.88. The first-order chi connectivity index (χ1) is 7.63. The first-order valence-electron chi connectivity index (χ1n) is 6.26. The van der Waals surface area contributed by atoms with Crippen molar-refractivity contribution in [3.63, 3.8) is 0 Å². The summed E-state index contributed by atoms with van der Waals surface area (Å²) < 4.78 is 0. The average Bonchev–Trinajstić information content (AvgIpc) is 2.41. The van der Waals surface area contributed by atoms with E-state index in [1.54, 1.807) is 0 Å². The minimum absolute atomic E-state index is 0.229. The Hall–Kier alpha value is -0.610. The van der Waals surface area contributed by atoms with Gasteiger partial charge in [-0.15, -0.1) is 0 Å². The second-order valence-electron chi connectivity index (χ2n) is 6.65. The summed E-state index contributed by atoms with van der Waals surface area (Å²) in [6, 6.07) is 0. The Balaban J connectivity index is 2.90. The molecule has 0 fully saturated rings. The third-order valence-corrected chi connectivity index (χ3v) is 3.10. The van der Waals surface area contributed by atoms with Gasteiger partial charge in [-0.1, -0.05) is 20.8 Å². The summed E-state index contributed by atoms with van der Waals surface area (Å²) in [6.45, 7) is 6.78. The zero-order valence-corrected chi connectivity index (χ0v) is 12.7. The van der Waals surface area contributed by atoms with Gasteiger partial charge in [0.05, 0.1) is 0 Å². The van der Waals surface area contributed by atoms with E-state index in [4.69, 9.17) is 4.99 Å². The molecule has 0 aromatic rings. The zero-order chi connectivity index (χ0) is 13.4. The van der Waals surface area contributed by atoms with Gasteiger partial charge < -0.3 is 4.90 Å². The lowest BCUT2D eigenvalue weighted by Crippen LogP contribution is -2.51. The fourth-order valence-electron chi connectivity index (χ4n) is 2.30. The van der Waals surface area contributed by atoms with Crippen LogP contribution in [0.5, 0.6) is 0 Å². The van der Waals surface area contributed by atoms with Crippen LogP contribution in [-0.2, 0) is 0 Å². The second-order valence-corrected chi connectivity index (χ2v) is 6.65. The molecular formula is C13H28N4. The van der Waals surface area contributed by atoms with Gasteiger partial charge in [0.25, 0.3) is 0 Å². The van der Waals surface area contributed by atoms with Gasteiger partial charge in [-0.05, 0) is 33.6 Å². The zero-order valence-electron chi connectivity index (χ0n) is 12.7. The summed E-state index contributed by atoms with van der Waals surface area (Å²) in [5.74, 6) is 1.22. The average molecular weight is 240 g/mol. The number of hydrogen-bond acceptors (Lipinski definition) is 4. The third kappa shape index (κ3) is 3.42. The van der Waals surface area contributed by atoms with Crippen LogP contribution in [0.4, 0.5) is 0 Å². The summed E-state index contributed by atoms with van der Waals surface area (Å²) in [5.41, 5.74) is 0.283. The van der Waals surface area contributed by atoms with Crippen molar-refractivity contribution in [3.05, 3.63) is 0 Å². The van der Waals surface area contributed by atoms with Crippen molar-refractivity contribution in [2.45, 2.75) is 39.5 Å². The SMILES string of the molecule is CN(C)[C@H]1N=C(CC(C)(C)C)N(C)[C@@H]1N(C)C. The van der Waals surface area contributed by atoms with Crippen molar-refractivity contribution in [1.82, 2.24) is 14.7 Å². The largest absolute Gasteiger partial charge is 0.344 e. The van der Waals surface area contributed by atoms with E-state index >= 15 is 0 Å². The quantitative estimate of drug-likeness (QED) is 0.747. The highest BCUT2D eigenvalue weighted by Gasteiger charge is 2.37. The van der Waals surface area contributed by atoms with Crippen molar-refractivity contribution >= 4 is 5.84 Å². The monoisotopic (exact) mass is 240 g/mol. The molecule has 100 valence electrons. The summed E-state index contributed by atoms with van der Waals surface area (Å²) in [6.07, 6.45) is 1.59. The van der Waals surface area contributed by atoms with Crippen LogP contribution in [0.15, 0.2) is 4.99 Å². The van der Waals surface area contributed by atoms with Gasteiger partial charge in [-0.3, -0.25) is 9.80 Å². The molecular weight excluding hydrogens is 212 g/mol. The number of rotatable bonds is 3. The summed E-state index contributed by atoms with van der Waals surface area (Å²) in [4.78, 5) is 11.6. The van der Waals surface area contributed by atoms with E-state index in [-0.39, 0.29) is 11.6 Å². The van der Waals surface area contributed by atoms with Gasteiger partial charge in [0, 0.05) is 13.5 Å². The summed E-state index contributed by atoms with van der Waals surface area (Å²) in [5, 5.41) is 0. The molecule has 0 unspecified atom stereocenters. The molecule has 0 spiro atoms. The Labute approximate surface area is 106 Å². The lowest BCUT2D eigenvalue weighted by molar-refractivity contribution is 0.0943. The van der Waals surface area contributed by atoms with E-state index < -0.39 is 0 Å². The highest BCUT2D eigenvalue weighted by molar-refractivity contribution is 5.84. The number of hydrogen-bond donors (Lipinski definition) is 0. The van der Waals surface area contributed by atoms with Crippen LogP contribution < -0.4 is 0 Å². The molecule has 0 bridgehead atoms. The van der Waals surface area contributed by atoms with Crippen LogP contribution >= 0.6 is 0 Å². The van der Waals surface area contributed by atoms with Gasteiger partial charge in [0.2, 0.25) is 0 Å². The maximum atomic E-state index is 4.88. The molecule has 17 heavy (non-hydrogen) atoms. The van der Waals surface area contributed by atoms with Crippen molar-refractivity contribution in [1.29, 1.82) is 0 Å². The molecule has 1 rings (SSSR count). The first kappa shape index (κ1) is 14.5. The number of amidine groups is 1. The Kier molecular flexibility index (Phi) is 4.20. The smallest absolute Gasteiger partial charge is 0.138 e. The van der Waals surface area contributed by atoms with Crippen LogP contribution in [0.3, 0.4) is 0 Å². The van der Waals surface area contributed by atoms with E-state index in [1.165, 1.54) is 5.84 Å². The number of aliphatic imine (C=N–C) groups is 1. The highest BCUT2D eigenvalue weighted by Crippen LogP contribution is 2.27. The topological polar surface area (TPSA) is 22.1 Å². The Morgan fingerprint density at radius 3 is 1.94 bits per heavy atom. The van der Waals surface area contributed by atoms with Gasteiger partial charge in [0.15, 0.2) is 0 Å². The molecule has 0 aliphatic carbocycles. The van der Waals surface area contributed by atoms with Gasteiger partial charge in [-0.25, -0.2) is 4.99 Å². The van der Waals surface area contributed by atoms with Crippen LogP contribution in [0, 0.1) is 5.41 Å². The molecule has 0 amide bonds. The Morgan fingerprint density at radius 1 is 1.12 bits per heavy atom. The predicted molar refractivity (Wildman–Crippen MR) is 74.2 cm³/mol. The molecule has 2 atom stereocenters. The Morgan fingerprint density at radius 2 is 1.65 bits per heavy atom. The predicted octanol–water partition coefficient (Wildman–Crippen LogP) is 1.54. The summed E-state index contributed by atoms with van der Waals surface area (Å²) in [7, 11) is 10.6. The van der Waals surface area contributed by atoms with Crippen molar-refractivity contribution in [3.8, 4) is 0 Å². The van der Waals surface area contributed by atoms with Crippen LogP contribution in [0.25, 0.3) is 0 Å². The fraction of sp³-hybridized carbons (Fsp3) is 0.923. The Bertz CT molecular complexity index is 288. The standard InChI is InChI=1S/C13H28N4/c1-13(2,3)9-10-14-11(15(4)5)12(16(6)7)17(10)8/h11-12H,9H2,1-8H3/t11-,12+/m1/s1. The molecule has 0 aromatic heterocycles.